The predicted molar refractivity (Wildman–Crippen MR) is 101 cm³/mol. The van der Waals surface area contributed by atoms with Crippen LogP contribution in [0.25, 0.3) is 0 Å². The average molecular weight is 347 g/mol. The number of hydrogen-bond donors (Lipinski definition) is 0. The molecule has 0 saturated heterocycles. The second-order valence-electron chi connectivity index (χ2n) is 10.4. The highest BCUT2D eigenvalue weighted by Gasteiger charge is 2.60. The maximum atomic E-state index is 11.5. The van der Waals surface area contributed by atoms with Crippen LogP contribution >= 0.6 is 0 Å². The second-order valence-corrected chi connectivity index (χ2v) is 10.4. The molecule has 2 nitrogen and oxygen atoms in total. The first kappa shape index (κ1) is 17.9. The molecule has 2 heteroatoms. The molecule has 2 unspecified atom stereocenters. The molecule has 0 N–H and O–H groups in total. The lowest BCUT2D eigenvalue weighted by molar-refractivity contribution is -0.154. The minimum atomic E-state index is -0.108. The largest absolute Gasteiger partial charge is 0.463 e. The lowest BCUT2D eigenvalue weighted by Crippen LogP contribution is -2.53. The van der Waals surface area contributed by atoms with Gasteiger partial charge in [-0.05, 0) is 92.8 Å². The minimum Gasteiger partial charge on any atom is -0.463 e. The average Bonchev–Trinajstić information content (AvgIpc) is 2.91. The van der Waals surface area contributed by atoms with Crippen LogP contribution < -0.4 is 0 Å². The molecular weight excluding hydrogens is 308 g/mol. The van der Waals surface area contributed by atoms with Crippen LogP contribution in [-0.4, -0.2) is 12.1 Å². The van der Waals surface area contributed by atoms with Crippen LogP contribution in [0.2, 0.25) is 0 Å². The van der Waals surface area contributed by atoms with Gasteiger partial charge in [-0.3, -0.25) is 4.79 Å². The normalized spacial score (nSPS) is 50.3. The smallest absolute Gasteiger partial charge is 0.302 e. The first-order valence-corrected chi connectivity index (χ1v) is 11.0. The molecule has 0 aliphatic heterocycles. The van der Waals surface area contributed by atoms with Gasteiger partial charge >= 0.3 is 5.97 Å². The van der Waals surface area contributed by atoms with Crippen LogP contribution in [0, 0.1) is 40.4 Å². The highest BCUT2D eigenvalue weighted by Crippen LogP contribution is 2.67. The van der Waals surface area contributed by atoms with Gasteiger partial charge in [0.15, 0.2) is 0 Å². The van der Waals surface area contributed by atoms with Gasteiger partial charge in [0.05, 0.1) is 0 Å². The topological polar surface area (TPSA) is 26.3 Å². The molecule has 0 aromatic carbocycles. The lowest BCUT2D eigenvalue weighted by Gasteiger charge is -2.60. The summed E-state index contributed by atoms with van der Waals surface area (Å²) in [6, 6.07) is 0. The molecule has 4 saturated carbocycles. The molecule has 4 aliphatic rings. The molecular formula is C23H38O2. The second kappa shape index (κ2) is 6.27. The third kappa shape index (κ3) is 2.69. The summed E-state index contributed by atoms with van der Waals surface area (Å²) in [7, 11) is 0. The molecule has 0 aromatic heterocycles. The summed E-state index contributed by atoms with van der Waals surface area (Å²) >= 11 is 0. The monoisotopic (exact) mass is 346 g/mol. The van der Waals surface area contributed by atoms with Crippen molar-refractivity contribution in [3.63, 3.8) is 0 Å². The van der Waals surface area contributed by atoms with Gasteiger partial charge in [0.1, 0.15) is 6.10 Å². The summed E-state index contributed by atoms with van der Waals surface area (Å²) in [5, 5.41) is 0. The van der Waals surface area contributed by atoms with Crippen LogP contribution in [0.15, 0.2) is 0 Å². The molecule has 4 aliphatic carbocycles. The van der Waals surface area contributed by atoms with Gasteiger partial charge in [0.2, 0.25) is 0 Å². The molecule has 0 bridgehead atoms. The zero-order valence-electron chi connectivity index (χ0n) is 16.9. The fourth-order valence-corrected chi connectivity index (χ4v) is 8.45. The summed E-state index contributed by atoms with van der Waals surface area (Å²) in [6.07, 6.45) is 14.4. The zero-order valence-corrected chi connectivity index (χ0v) is 16.9. The van der Waals surface area contributed by atoms with E-state index < -0.39 is 0 Å². The van der Waals surface area contributed by atoms with Gasteiger partial charge in [0.25, 0.3) is 0 Å². The van der Waals surface area contributed by atoms with E-state index in [0.29, 0.717) is 16.7 Å². The maximum absolute atomic E-state index is 11.5. The van der Waals surface area contributed by atoms with Crippen molar-refractivity contribution in [3.8, 4) is 0 Å². The summed E-state index contributed by atoms with van der Waals surface area (Å²) in [4.78, 5) is 11.5. The van der Waals surface area contributed by atoms with Gasteiger partial charge in [-0.2, -0.15) is 0 Å². The van der Waals surface area contributed by atoms with Crippen molar-refractivity contribution >= 4 is 5.97 Å². The molecule has 0 radical (unpaired) electrons. The maximum Gasteiger partial charge on any atom is 0.302 e. The first-order valence-electron chi connectivity index (χ1n) is 11.0. The van der Waals surface area contributed by atoms with Crippen LogP contribution in [-0.2, 0) is 9.53 Å². The molecule has 142 valence electrons. The van der Waals surface area contributed by atoms with Gasteiger partial charge in [-0.15, -0.1) is 0 Å². The molecule has 0 heterocycles. The van der Waals surface area contributed by atoms with Crippen molar-refractivity contribution < 1.29 is 9.53 Å². The Labute approximate surface area is 154 Å². The van der Waals surface area contributed by atoms with Gasteiger partial charge in [-0.1, -0.05) is 26.7 Å². The molecule has 0 spiro atoms. The lowest BCUT2D eigenvalue weighted by atomic mass is 9.45. The van der Waals surface area contributed by atoms with Crippen LogP contribution in [0.1, 0.15) is 91.9 Å². The van der Waals surface area contributed by atoms with E-state index >= 15 is 0 Å². The van der Waals surface area contributed by atoms with Gasteiger partial charge in [-0.25, -0.2) is 0 Å². The minimum absolute atomic E-state index is 0.0886. The standard InChI is InChI=1S/C23H38O2/c1-15(25-16(2)24)19-10-11-20-18-9-8-17-7-5-6-13-22(17,3)21(18)12-14-23(19,20)4/h15,17-21H,5-14H2,1-4H3/t15?,17?,18-,19+,20-,21-,22-,23+/m0/s1. The Morgan fingerprint density at radius 2 is 1.68 bits per heavy atom. The first-order chi connectivity index (χ1) is 11.9. The fraction of sp³-hybridized carbons (Fsp3) is 0.957. The Kier molecular flexibility index (Phi) is 4.48. The van der Waals surface area contributed by atoms with Crippen molar-refractivity contribution in [2.45, 2.75) is 98.0 Å². The van der Waals surface area contributed by atoms with Crippen molar-refractivity contribution in [1.82, 2.24) is 0 Å². The third-order valence-corrected chi connectivity index (χ3v) is 9.58. The molecule has 0 aromatic rings. The van der Waals surface area contributed by atoms with E-state index in [1.54, 1.807) is 6.92 Å². The van der Waals surface area contributed by atoms with Crippen LogP contribution in [0.4, 0.5) is 0 Å². The number of esters is 1. The Morgan fingerprint density at radius 3 is 2.44 bits per heavy atom. The molecule has 25 heavy (non-hydrogen) atoms. The Balaban J connectivity index is 1.56. The van der Waals surface area contributed by atoms with E-state index in [4.69, 9.17) is 4.74 Å². The van der Waals surface area contributed by atoms with E-state index in [9.17, 15) is 4.79 Å². The van der Waals surface area contributed by atoms with E-state index in [2.05, 4.69) is 20.8 Å². The highest BCUT2D eigenvalue weighted by molar-refractivity contribution is 5.66. The Hall–Kier alpha value is -0.530. The summed E-state index contributed by atoms with van der Waals surface area (Å²) in [6.45, 7) is 8.91. The molecule has 4 rings (SSSR count). The van der Waals surface area contributed by atoms with E-state index in [0.717, 1.165) is 23.7 Å². The quantitative estimate of drug-likeness (QED) is 0.574. The molecule has 0 amide bonds. The summed E-state index contributed by atoms with van der Waals surface area (Å²) in [5.74, 6) is 4.24. The summed E-state index contributed by atoms with van der Waals surface area (Å²) in [5.41, 5.74) is 1.02. The fourth-order valence-electron chi connectivity index (χ4n) is 8.45. The Morgan fingerprint density at radius 1 is 0.920 bits per heavy atom. The SMILES string of the molecule is CC(=O)OC(C)[C@H]1CC[C@H]2[C@@H]3CCC4CCCC[C@]4(C)[C@H]3CC[C@]12C. The number of ether oxygens (including phenoxy) is 1. The van der Waals surface area contributed by atoms with E-state index in [1.807, 2.05) is 0 Å². The van der Waals surface area contributed by atoms with Crippen molar-refractivity contribution in [3.05, 3.63) is 0 Å². The number of carbonyl (C=O) groups excluding carboxylic acids is 1. The van der Waals surface area contributed by atoms with E-state index in [-0.39, 0.29) is 12.1 Å². The number of fused-ring (bicyclic) bond motifs is 5. The highest BCUT2D eigenvalue weighted by atomic mass is 16.5. The van der Waals surface area contributed by atoms with Gasteiger partial charge < -0.3 is 4.74 Å². The van der Waals surface area contributed by atoms with Crippen LogP contribution in [0.3, 0.4) is 0 Å². The van der Waals surface area contributed by atoms with Crippen molar-refractivity contribution in [2.75, 3.05) is 0 Å². The van der Waals surface area contributed by atoms with Crippen LogP contribution in [0.5, 0.6) is 0 Å². The van der Waals surface area contributed by atoms with Crippen molar-refractivity contribution in [1.29, 1.82) is 0 Å². The van der Waals surface area contributed by atoms with Gasteiger partial charge in [0, 0.05) is 12.8 Å². The number of hydrogen-bond acceptors (Lipinski definition) is 2. The third-order valence-electron chi connectivity index (χ3n) is 9.58. The number of carbonyl (C=O) groups is 1. The molecule has 4 fully saturated rings. The van der Waals surface area contributed by atoms with E-state index in [1.165, 1.54) is 64.2 Å². The summed E-state index contributed by atoms with van der Waals surface area (Å²) < 4.78 is 5.65. The molecule has 8 atom stereocenters. The number of rotatable bonds is 2. The zero-order chi connectivity index (χ0) is 17.8. The predicted octanol–water partition coefficient (Wildman–Crippen LogP) is 5.99. The van der Waals surface area contributed by atoms with Crippen molar-refractivity contribution in [2.24, 2.45) is 40.4 Å². The Bertz CT molecular complexity index is 528.